The molecule has 3 aromatic rings. The van der Waals surface area contributed by atoms with E-state index in [0.29, 0.717) is 36.0 Å². The fraction of sp³-hybridized carbons (Fsp3) is 0.387. The molecule has 0 unspecified atom stereocenters. The molecule has 1 amide bonds. The molecule has 0 radical (unpaired) electrons. The zero-order valence-electron chi connectivity index (χ0n) is 22.2. The van der Waals surface area contributed by atoms with Gasteiger partial charge in [0, 0.05) is 41.8 Å². The average Bonchev–Trinajstić information content (AvgIpc) is 3.73. The van der Waals surface area contributed by atoms with Crippen molar-refractivity contribution < 1.29 is 28.2 Å². The van der Waals surface area contributed by atoms with Gasteiger partial charge in [-0.1, -0.05) is 41.9 Å². The lowest BCUT2D eigenvalue weighted by Gasteiger charge is -2.35. The topological polar surface area (TPSA) is 79.8 Å². The largest absolute Gasteiger partial charge is 0.480 e. The van der Waals surface area contributed by atoms with Crippen molar-refractivity contribution in [3.8, 4) is 16.9 Å². The van der Waals surface area contributed by atoms with Crippen LogP contribution in [0.3, 0.4) is 0 Å². The molecule has 1 saturated heterocycles. The maximum atomic E-state index is 16.7. The van der Waals surface area contributed by atoms with Crippen molar-refractivity contribution in [3.05, 3.63) is 86.9 Å². The molecule has 2 heterocycles. The minimum Gasteiger partial charge on any atom is -0.480 e. The van der Waals surface area contributed by atoms with Gasteiger partial charge in [0.1, 0.15) is 17.4 Å². The Bertz CT molecular complexity index is 1460. The Morgan fingerprint density at radius 2 is 2.02 bits per heavy atom. The summed E-state index contributed by atoms with van der Waals surface area (Å²) in [5.41, 5.74) is 1.72. The van der Waals surface area contributed by atoms with Gasteiger partial charge in [-0.15, -0.1) is 0 Å². The maximum absolute atomic E-state index is 16.7. The Morgan fingerprint density at radius 3 is 2.73 bits per heavy atom. The van der Waals surface area contributed by atoms with Crippen LogP contribution >= 0.6 is 11.6 Å². The normalized spacial score (nSPS) is 23.1. The number of carbonyl (C=O) groups is 1. The number of rotatable bonds is 7. The van der Waals surface area contributed by atoms with Crippen molar-refractivity contribution in [3.63, 3.8) is 0 Å². The highest BCUT2D eigenvalue weighted by Gasteiger charge is 2.50. The number of fused-ring (bicyclic) bond motifs is 2. The van der Waals surface area contributed by atoms with Crippen molar-refractivity contribution in [1.82, 2.24) is 10.6 Å². The predicted octanol–water partition coefficient (Wildman–Crippen LogP) is 5.22. The van der Waals surface area contributed by atoms with Crippen LogP contribution in [0.15, 0.2) is 42.5 Å². The van der Waals surface area contributed by atoms with Crippen LogP contribution in [0.1, 0.15) is 58.0 Å². The summed E-state index contributed by atoms with van der Waals surface area (Å²) in [7, 11) is 1.47. The molecule has 40 heavy (non-hydrogen) atoms. The van der Waals surface area contributed by atoms with Crippen molar-refractivity contribution in [2.45, 2.75) is 49.9 Å². The van der Waals surface area contributed by atoms with Gasteiger partial charge in [-0.3, -0.25) is 4.79 Å². The molecule has 3 N–H and O–H groups in total. The number of aliphatic hydroxyl groups excluding tert-OH is 1. The zero-order chi connectivity index (χ0) is 28.0. The monoisotopic (exact) mass is 568 g/mol. The van der Waals surface area contributed by atoms with E-state index < -0.39 is 29.2 Å². The zero-order valence-corrected chi connectivity index (χ0v) is 22.9. The minimum absolute atomic E-state index is 0.0496. The summed E-state index contributed by atoms with van der Waals surface area (Å²) in [4.78, 5) is 13.1. The third kappa shape index (κ3) is 4.29. The van der Waals surface area contributed by atoms with Crippen LogP contribution in [0.25, 0.3) is 11.1 Å². The lowest BCUT2D eigenvalue weighted by atomic mass is 9.80. The standard InChI is InChI=1S/C31H31ClF2N2O4/c1-35-30(38)19-14-17-9-10-22(39-13-12-37)25(17)29(34)27(19)26-20-16-31(24-8-5-11-36-24,18-6-3-2-4-7-18)40-23(20)15-21(33)28(26)32/h2-4,6-7,14-15,22,24,36-37H,5,8-13,16H2,1H3,(H,35,38)/t22-,24+,31+/m1/s1. The smallest absolute Gasteiger partial charge is 0.251 e. The van der Waals surface area contributed by atoms with E-state index in [1.54, 1.807) is 6.07 Å². The second-order valence-corrected chi connectivity index (χ2v) is 11.0. The van der Waals surface area contributed by atoms with Crippen LogP contribution in [0, 0.1) is 11.6 Å². The second-order valence-electron chi connectivity index (χ2n) is 10.6. The molecule has 210 valence electrons. The van der Waals surface area contributed by atoms with Crippen molar-refractivity contribution in [2.24, 2.45) is 0 Å². The number of aliphatic hydroxyl groups is 1. The number of carbonyl (C=O) groups excluding carboxylic acids is 1. The highest BCUT2D eigenvalue weighted by Crippen LogP contribution is 2.53. The molecule has 0 aromatic heterocycles. The van der Waals surface area contributed by atoms with Crippen LogP contribution in [-0.4, -0.2) is 43.9 Å². The van der Waals surface area contributed by atoms with Crippen LogP contribution < -0.4 is 15.4 Å². The molecule has 0 spiro atoms. The van der Waals surface area contributed by atoms with Crippen LogP contribution in [0.5, 0.6) is 5.75 Å². The molecule has 3 atom stereocenters. The van der Waals surface area contributed by atoms with E-state index in [-0.39, 0.29) is 46.7 Å². The second kappa shape index (κ2) is 10.7. The third-order valence-electron chi connectivity index (χ3n) is 8.42. The summed E-state index contributed by atoms with van der Waals surface area (Å²) >= 11 is 6.66. The van der Waals surface area contributed by atoms with E-state index in [9.17, 15) is 9.90 Å². The fourth-order valence-corrected chi connectivity index (χ4v) is 6.91. The minimum atomic E-state index is -0.862. The maximum Gasteiger partial charge on any atom is 0.251 e. The van der Waals surface area contributed by atoms with Gasteiger partial charge in [-0.25, -0.2) is 8.78 Å². The molecule has 2 aliphatic heterocycles. The highest BCUT2D eigenvalue weighted by molar-refractivity contribution is 6.34. The number of hydrogen-bond donors (Lipinski definition) is 3. The molecule has 0 bridgehead atoms. The Morgan fingerprint density at radius 1 is 1.23 bits per heavy atom. The van der Waals surface area contributed by atoms with Gasteiger partial charge >= 0.3 is 0 Å². The Kier molecular flexibility index (Phi) is 7.29. The first-order chi connectivity index (χ1) is 19.4. The number of halogens is 3. The molecule has 6 nitrogen and oxygen atoms in total. The number of ether oxygens (including phenoxy) is 2. The Balaban J connectivity index is 1.58. The summed E-state index contributed by atoms with van der Waals surface area (Å²) in [6.45, 7) is 0.679. The van der Waals surface area contributed by atoms with E-state index in [1.165, 1.54) is 13.1 Å². The van der Waals surface area contributed by atoms with Crippen LogP contribution in [0.4, 0.5) is 8.78 Å². The van der Waals surface area contributed by atoms with E-state index in [1.807, 2.05) is 30.3 Å². The number of benzene rings is 3. The van der Waals surface area contributed by atoms with Crippen molar-refractivity contribution >= 4 is 17.5 Å². The molecule has 9 heteroatoms. The summed E-state index contributed by atoms with van der Waals surface area (Å²) in [6, 6.07) is 12.6. The number of amides is 1. The molecule has 6 rings (SSSR count). The molecular weight excluding hydrogens is 538 g/mol. The predicted molar refractivity (Wildman–Crippen MR) is 148 cm³/mol. The van der Waals surface area contributed by atoms with Gasteiger partial charge in [-0.2, -0.15) is 0 Å². The van der Waals surface area contributed by atoms with Crippen LogP contribution in [-0.2, 0) is 23.2 Å². The molecule has 1 fully saturated rings. The highest BCUT2D eigenvalue weighted by atomic mass is 35.5. The first-order valence-corrected chi connectivity index (χ1v) is 14.1. The van der Waals surface area contributed by atoms with E-state index in [4.69, 9.17) is 21.1 Å². The van der Waals surface area contributed by atoms with E-state index in [2.05, 4.69) is 10.6 Å². The summed E-state index contributed by atoms with van der Waals surface area (Å²) in [6.07, 6.45) is 2.56. The van der Waals surface area contributed by atoms with Gasteiger partial charge in [0.05, 0.1) is 35.9 Å². The van der Waals surface area contributed by atoms with Gasteiger partial charge in [0.25, 0.3) is 5.91 Å². The summed E-state index contributed by atoms with van der Waals surface area (Å²) in [5.74, 6) is -1.64. The number of hydrogen-bond acceptors (Lipinski definition) is 5. The van der Waals surface area contributed by atoms with Gasteiger partial charge in [0.2, 0.25) is 0 Å². The van der Waals surface area contributed by atoms with Gasteiger partial charge in [-0.05, 0) is 49.4 Å². The SMILES string of the molecule is CNC(=O)c1cc2c(c(F)c1-c1c(Cl)c(F)cc3c1C[C@](c1ccccc1)([C@@H]1CCCN1)O3)[C@H](OCCO)CC2. The molecule has 3 aromatic carbocycles. The van der Waals surface area contributed by atoms with Crippen molar-refractivity contribution in [1.29, 1.82) is 0 Å². The molecule has 3 aliphatic rings. The number of aryl methyl sites for hydroxylation is 1. The molecular formula is C31H31ClF2N2O4. The molecule has 1 aliphatic carbocycles. The lowest BCUT2D eigenvalue weighted by molar-refractivity contribution is 0.0273. The fourth-order valence-electron chi connectivity index (χ4n) is 6.65. The Hall–Kier alpha value is -3.04. The lowest BCUT2D eigenvalue weighted by Crippen LogP contribution is -2.48. The van der Waals surface area contributed by atoms with Crippen LogP contribution in [0.2, 0.25) is 5.02 Å². The van der Waals surface area contributed by atoms with Gasteiger partial charge in [0.15, 0.2) is 5.60 Å². The number of nitrogens with one attached hydrogen (secondary N) is 2. The van der Waals surface area contributed by atoms with E-state index in [0.717, 1.165) is 24.9 Å². The third-order valence-corrected chi connectivity index (χ3v) is 8.79. The summed E-state index contributed by atoms with van der Waals surface area (Å²) in [5, 5.41) is 15.2. The first kappa shape index (κ1) is 27.1. The average molecular weight is 569 g/mol. The summed E-state index contributed by atoms with van der Waals surface area (Å²) < 4.78 is 44.7. The molecule has 0 saturated carbocycles. The van der Waals surface area contributed by atoms with E-state index >= 15 is 8.78 Å². The van der Waals surface area contributed by atoms with Gasteiger partial charge < -0.3 is 25.2 Å². The van der Waals surface area contributed by atoms with Crippen molar-refractivity contribution in [2.75, 3.05) is 26.8 Å². The Labute approximate surface area is 236 Å². The quantitative estimate of drug-likeness (QED) is 0.364. The first-order valence-electron chi connectivity index (χ1n) is 13.7.